The van der Waals surface area contributed by atoms with E-state index in [-0.39, 0.29) is 10.7 Å². The molecule has 0 radical (unpaired) electrons. The number of esters is 1. The van der Waals surface area contributed by atoms with Gasteiger partial charge in [0, 0.05) is 29.6 Å². The maximum absolute atomic E-state index is 12.0. The van der Waals surface area contributed by atoms with E-state index in [1.54, 1.807) is 7.11 Å². The van der Waals surface area contributed by atoms with Gasteiger partial charge in [-0.05, 0) is 43.0 Å². The van der Waals surface area contributed by atoms with E-state index >= 15 is 0 Å². The van der Waals surface area contributed by atoms with Crippen LogP contribution in [-0.4, -0.2) is 41.7 Å². The molecule has 4 rings (SSSR count). The van der Waals surface area contributed by atoms with Crippen molar-refractivity contribution in [2.75, 3.05) is 26.1 Å². The number of fused-ring (bicyclic) bond motifs is 1. The van der Waals surface area contributed by atoms with Crippen molar-refractivity contribution in [1.82, 2.24) is 15.0 Å². The second kappa shape index (κ2) is 7.67. The van der Waals surface area contributed by atoms with Gasteiger partial charge in [-0.1, -0.05) is 11.6 Å². The lowest BCUT2D eigenvalue weighted by Gasteiger charge is -2.11. The number of methoxy groups -OCH3 is 2. The van der Waals surface area contributed by atoms with Gasteiger partial charge in [-0.2, -0.15) is 0 Å². The van der Waals surface area contributed by atoms with Crippen molar-refractivity contribution in [3.8, 4) is 5.75 Å². The Balaban J connectivity index is 1.53. The Labute approximate surface area is 167 Å². The van der Waals surface area contributed by atoms with Crippen LogP contribution in [0.3, 0.4) is 0 Å². The number of ether oxygens (including phenoxy) is 2. The Hall–Kier alpha value is -2.80. The molecule has 0 aliphatic heterocycles. The summed E-state index contributed by atoms with van der Waals surface area (Å²) in [5.74, 6) is 1.67. The molecule has 2 aromatic heterocycles. The number of carbonyl (C=O) groups is 1. The van der Waals surface area contributed by atoms with Crippen molar-refractivity contribution in [2.45, 2.75) is 25.2 Å². The second-order valence-electron chi connectivity index (χ2n) is 6.76. The quantitative estimate of drug-likeness (QED) is 0.584. The summed E-state index contributed by atoms with van der Waals surface area (Å²) in [6.45, 7) is 0.603. The average Bonchev–Trinajstić information content (AvgIpc) is 3.49. The van der Waals surface area contributed by atoms with Crippen LogP contribution in [0.4, 0.5) is 5.82 Å². The molecule has 1 saturated carbocycles. The Morgan fingerprint density at radius 3 is 2.86 bits per heavy atom. The van der Waals surface area contributed by atoms with Crippen LogP contribution in [0.1, 0.15) is 40.6 Å². The number of nitrogens with zero attached hydrogens (tertiary/aromatic N) is 2. The maximum atomic E-state index is 12.0. The number of hydrogen-bond acceptors (Lipinski definition) is 6. The summed E-state index contributed by atoms with van der Waals surface area (Å²) in [5.41, 5.74) is 2.32. The number of hydrogen-bond donors (Lipinski definition) is 2. The molecule has 0 unspecified atom stereocenters. The molecule has 1 fully saturated rings. The van der Waals surface area contributed by atoms with Gasteiger partial charge in [0.05, 0.1) is 14.2 Å². The molecule has 7 nitrogen and oxygen atoms in total. The first-order valence-electron chi connectivity index (χ1n) is 9.14. The van der Waals surface area contributed by atoms with Gasteiger partial charge in [0.25, 0.3) is 0 Å². The van der Waals surface area contributed by atoms with Gasteiger partial charge < -0.3 is 19.8 Å². The number of anilines is 1. The van der Waals surface area contributed by atoms with Gasteiger partial charge in [0.15, 0.2) is 5.69 Å². The van der Waals surface area contributed by atoms with E-state index in [1.165, 1.54) is 7.11 Å². The minimum absolute atomic E-state index is 0.111. The summed E-state index contributed by atoms with van der Waals surface area (Å²) in [4.78, 5) is 24.1. The van der Waals surface area contributed by atoms with Crippen LogP contribution >= 0.6 is 11.6 Å². The van der Waals surface area contributed by atoms with E-state index in [1.807, 2.05) is 24.4 Å². The highest BCUT2D eigenvalue weighted by Gasteiger charge is 2.30. The fourth-order valence-electron chi connectivity index (χ4n) is 3.14. The first-order valence-corrected chi connectivity index (χ1v) is 9.52. The molecule has 0 saturated heterocycles. The van der Waals surface area contributed by atoms with Crippen molar-refractivity contribution in [3.63, 3.8) is 0 Å². The first-order chi connectivity index (χ1) is 13.6. The van der Waals surface area contributed by atoms with E-state index in [9.17, 15) is 4.79 Å². The maximum Gasteiger partial charge on any atom is 0.358 e. The van der Waals surface area contributed by atoms with Crippen LogP contribution in [0.5, 0.6) is 5.75 Å². The normalized spacial score (nSPS) is 13.5. The second-order valence-corrected chi connectivity index (χ2v) is 7.14. The molecule has 146 valence electrons. The van der Waals surface area contributed by atoms with Crippen molar-refractivity contribution >= 4 is 34.3 Å². The molecular weight excluding hydrogens is 380 g/mol. The Morgan fingerprint density at radius 2 is 2.14 bits per heavy atom. The first kappa shape index (κ1) is 18.6. The van der Waals surface area contributed by atoms with Crippen LogP contribution in [-0.2, 0) is 11.2 Å². The SMILES string of the molecule is COC(=O)c1nc(C2CC2)nc(NCCc2c[nH]c3ccc(OC)cc23)c1Cl. The van der Waals surface area contributed by atoms with Crippen LogP contribution < -0.4 is 10.1 Å². The zero-order chi connectivity index (χ0) is 19.7. The van der Waals surface area contributed by atoms with Crippen LogP contribution in [0.15, 0.2) is 24.4 Å². The van der Waals surface area contributed by atoms with Crippen molar-refractivity contribution < 1.29 is 14.3 Å². The van der Waals surface area contributed by atoms with Gasteiger partial charge in [-0.25, -0.2) is 14.8 Å². The number of rotatable bonds is 7. The van der Waals surface area contributed by atoms with Gasteiger partial charge in [-0.15, -0.1) is 0 Å². The molecule has 3 aromatic rings. The molecule has 28 heavy (non-hydrogen) atoms. The zero-order valence-electron chi connectivity index (χ0n) is 15.7. The highest BCUT2D eigenvalue weighted by Crippen LogP contribution is 2.39. The smallest absolute Gasteiger partial charge is 0.358 e. The van der Waals surface area contributed by atoms with E-state index in [4.69, 9.17) is 21.1 Å². The van der Waals surface area contributed by atoms with Crippen LogP contribution in [0.25, 0.3) is 10.9 Å². The minimum atomic E-state index is -0.555. The number of aromatic amines is 1. The third kappa shape index (κ3) is 3.62. The summed E-state index contributed by atoms with van der Waals surface area (Å²) in [6, 6.07) is 5.94. The predicted molar refractivity (Wildman–Crippen MR) is 107 cm³/mol. The molecule has 0 amide bonds. The largest absolute Gasteiger partial charge is 0.497 e. The standard InChI is InChI=1S/C20H21ClN4O3/c1-27-13-5-6-15-14(9-13)12(10-23-15)7-8-22-19-16(21)17(20(26)28-2)24-18(25-19)11-3-4-11/h5-6,9-11,23H,3-4,7-8H2,1-2H3,(H,22,24,25). The third-order valence-electron chi connectivity index (χ3n) is 4.85. The number of benzene rings is 1. The van der Waals surface area contributed by atoms with E-state index < -0.39 is 5.97 Å². The highest BCUT2D eigenvalue weighted by molar-refractivity contribution is 6.35. The summed E-state index contributed by atoms with van der Waals surface area (Å²) in [5, 5.41) is 4.56. The third-order valence-corrected chi connectivity index (χ3v) is 5.21. The fraction of sp³-hybridized carbons (Fsp3) is 0.350. The molecule has 0 atom stereocenters. The molecule has 0 spiro atoms. The summed E-state index contributed by atoms with van der Waals surface area (Å²) >= 11 is 6.36. The molecule has 2 heterocycles. The Bertz CT molecular complexity index is 1030. The number of H-pyrrole nitrogens is 1. The van der Waals surface area contributed by atoms with E-state index in [0.717, 1.165) is 41.5 Å². The average molecular weight is 401 g/mol. The van der Waals surface area contributed by atoms with Crippen LogP contribution in [0, 0.1) is 0 Å². The number of nitrogens with one attached hydrogen (secondary N) is 2. The molecule has 0 bridgehead atoms. The van der Waals surface area contributed by atoms with E-state index in [0.29, 0.717) is 24.1 Å². The lowest BCUT2D eigenvalue weighted by Crippen LogP contribution is -2.14. The van der Waals surface area contributed by atoms with Gasteiger partial charge in [-0.3, -0.25) is 0 Å². The predicted octanol–water partition coefficient (Wildman–Crippen LogP) is 3.94. The molecule has 1 aliphatic carbocycles. The highest BCUT2D eigenvalue weighted by atomic mass is 35.5. The minimum Gasteiger partial charge on any atom is -0.497 e. The Kier molecular flexibility index (Phi) is 5.09. The molecular formula is C20H21ClN4O3. The molecule has 2 N–H and O–H groups in total. The number of halogens is 1. The topological polar surface area (TPSA) is 89.1 Å². The van der Waals surface area contributed by atoms with Crippen LogP contribution in [0.2, 0.25) is 5.02 Å². The zero-order valence-corrected chi connectivity index (χ0v) is 16.5. The van der Waals surface area contributed by atoms with Crippen molar-refractivity contribution in [2.24, 2.45) is 0 Å². The van der Waals surface area contributed by atoms with Gasteiger partial charge in [0.1, 0.15) is 22.4 Å². The monoisotopic (exact) mass is 400 g/mol. The lowest BCUT2D eigenvalue weighted by molar-refractivity contribution is 0.0593. The fourth-order valence-corrected chi connectivity index (χ4v) is 3.37. The molecule has 8 heteroatoms. The number of aromatic nitrogens is 3. The summed E-state index contributed by atoms with van der Waals surface area (Å²) in [7, 11) is 2.97. The van der Waals surface area contributed by atoms with Crippen molar-refractivity contribution in [3.05, 3.63) is 46.5 Å². The molecule has 1 aliphatic rings. The van der Waals surface area contributed by atoms with Crippen molar-refractivity contribution in [1.29, 1.82) is 0 Å². The molecule has 1 aromatic carbocycles. The Morgan fingerprint density at radius 1 is 1.32 bits per heavy atom. The summed E-state index contributed by atoms with van der Waals surface area (Å²) < 4.78 is 10.1. The van der Waals surface area contributed by atoms with Gasteiger partial charge in [0.2, 0.25) is 0 Å². The lowest BCUT2D eigenvalue weighted by atomic mass is 10.1. The number of carbonyl (C=O) groups excluding carboxylic acids is 1. The summed E-state index contributed by atoms with van der Waals surface area (Å²) in [6.07, 6.45) is 4.79. The van der Waals surface area contributed by atoms with Gasteiger partial charge >= 0.3 is 5.97 Å². The van der Waals surface area contributed by atoms with E-state index in [2.05, 4.69) is 20.3 Å².